The van der Waals surface area contributed by atoms with Gasteiger partial charge in [0.05, 0.1) is 4.47 Å². The van der Waals surface area contributed by atoms with E-state index in [2.05, 4.69) is 62.9 Å². The van der Waals surface area contributed by atoms with Crippen molar-refractivity contribution in [3.05, 3.63) is 21.2 Å². The molecule has 0 radical (unpaired) electrons. The van der Waals surface area contributed by atoms with Gasteiger partial charge in [0, 0.05) is 16.7 Å². The van der Waals surface area contributed by atoms with Crippen LogP contribution in [0.1, 0.15) is 33.6 Å². The molecule has 1 unspecified atom stereocenters. The molecule has 1 N–H and O–H groups in total. The Balaban J connectivity index is 2.72. The van der Waals surface area contributed by atoms with Crippen LogP contribution in [-0.2, 0) is 0 Å². The first-order valence-electron chi connectivity index (χ1n) is 5.66. The topological polar surface area (TPSA) is 24.9 Å². The van der Waals surface area contributed by atoms with Crippen LogP contribution < -0.4 is 5.32 Å². The van der Waals surface area contributed by atoms with Crippen LogP contribution >= 0.6 is 31.9 Å². The smallest absolute Gasteiger partial charge is 0.140 e. The number of rotatable bonds is 5. The third-order valence-electron chi connectivity index (χ3n) is 2.93. The minimum atomic E-state index is 0.444. The molecule has 0 saturated heterocycles. The molecule has 1 aromatic heterocycles. The number of pyridine rings is 1. The number of nitrogens with one attached hydrogen (secondary N) is 1. The van der Waals surface area contributed by atoms with E-state index in [0.717, 1.165) is 14.8 Å². The SMILES string of the molecule is CCC(CC)C(C)Nc1ncc(Br)cc1Br. The zero-order valence-electron chi connectivity index (χ0n) is 9.93. The van der Waals surface area contributed by atoms with Crippen LogP contribution in [0.5, 0.6) is 0 Å². The van der Waals surface area contributed by atoms with E-state index in [1.54, 1.807) is 0 Å². The molecule has 0 aliphatic carbocycles. The summed E-state index contributed by atoms with van der Waals surface area (Å²) in [5, 5.41) is 3.46. The Bertz CT molecular complexity index is 338. The van der Waals surface area contributed by atoms with Gasteiger partial charge < -0.3 is 5.32 Å². The maximum absolute atomic E-state index is 4.36. The molecule has 16 heavy (non-hydrogen) atoms. The van der Waals surface area contributed by atoms with E-state index in [1.165, 1.54) is 12.8 Å². The van der Waals surface area contributed by atoms with Crippen LogP contribution in [0.25, 0.3) is 0 Å². The number of hydrogen-bond donors (Lipinski definition) is 1. The van der Waals surface area contributed by atoms with Gasteiger partial charge in [-0.15, -0.1) is 0 Å². The zero-order valence-corrected chi connectivity index (χ0v) is 13.1. The van der Waals surface area contributed by atoms with Crippen molar-refractivity contribution < 1.29 is 0 Å². The Kier molecular flexibility index (Phi) is 5.76. The fraction of sp³-hybridized carbons (Fsp3) is 0.583. The van der Waals surface area contributed by atoms with Gasteiger partial charge in [-0.05, 0) is 50.8 Å². The predicted octanol–water partition coefficient (Wildman–Crippen LogP) is 4.84. The van der Waals surface area contributed by atoms with Crippen LogP contribution in [0.2, 0.25) is 0 Å². The van der Waals surface area contributed by atoms with Crippen molar-refractivity contribution in [1.29, 1.82) is 0 Å². The van der Waals surface area contributed by atoms with Gasteiger partial charge >= 0.3 is 0 Å². The Labute approximate surface area is 114 Å². The van der Waals surface area contributed by atoms with Gasteiger partial charge in [-0.1, -0.05) is 26.7 Å². The van der Waals surface area contributed by atoms with E-state index in [9.17, 15) is 0 Å². The molecule has 0 bridgehead atoms. The van der Waals surface area contributed by atoms with E-state index < -0.39 is 0 Å². The molecule has 0 amide bonds. The van der Waals surface area contributed by atoms with Crippen molar-refractivity contribution in [2.24, 2.45) is 5.92 Å². The van der Waals surface area contributed by atoms with E-state index in [1.807, 2.05) is 12.3 Å². The third kappa shape index (κ3) is 3.74. The van der Waals surface area contributed by atoms with Crippen LogP contribution in [-0.4, -0.2) is 11.0 Å². The fourth-order valence-electron chi connectivity index (χ4n) is 1.85. The maximum Gasteiger partial charge on any atom is 0.140 e. The molecule has 0 spiro atoms. The summed E-state index contributed by atoms with van der Waals surface area (Å²) in [6.07, 6.45) is 4.20. The molecule has 0 saturated carbocycles. The molecule has 1 heterocycles. The van der Waals surface area contributed by atoms with Crippen LogP contribution in [0.15, 0.2) is 21.2 Å². The normalized spacial score (nSPS) is 12.9. The van der Waals surface area contributed by atoms with Crippen molar-refractivity contribution >= 4 is 37.7 Å². The van der Waals surface area contributed by atoms with Gasteiger partial charge in [-0.2, -0.15) is 0 Å². The second-order valence-corrected chi connectivity index (χ2v) is 5.76. The highest BCUT2D eigenvalue weighted by Crippen LogP contribution is 2.25. The van der Waals surface area contributed by atoms with Crippen LogP contribution in [0.3, 0.4) is 0 Å². The van der Waals surface area contributed by atoms with Crippen molar-refractivity contribution in [2.45, 2.75) is 39.7 Å². The molecular weight excluding hydrogens is 332 g/mol. The lowest BCUT2D eigenvalue weighted by Gasteiger charge is -2.23. The first-order chi connectivity index (χ1) is 7.58. The van der Waals surface area contributed by atoms with Crippen molar-refractivity contribution in [1.82, 2.24) is 4.98 Å². The molecule has 0 aliphatic rings. The molecule has 90 valence electrons. The Morgan fingerprint density at radius 3 is 2.44 bits per heavy atom. The Morgan fingerprint density at radius 1 is 1.31 bits per heavy atom. The molecule has 1 rings (SSSR count). The molecule has 0 aliphatic heterocycles. The van der Waals surface area contributed by atoms with Crippen LogP contribution in [0.4, 0.5) is 5.82 Å². The third-order valence-corrected chi connectivity index (χ3v) is 3.97. The molecule has 0 aromatic carbocycles. The first kappa shape index (κ1) is 14.0. The molecular formula is C12H18Br2N2. The average molecular weight is 350 g/mol. The molecule has 2 nitrogen and oxygen atoms in total. The summed E-state index contributed by atoms with van der Waals surface area (Å²) in [4.78, 5) is 4.36. The summed E-state index contributed by atoms with van der Waals surface area (Å²) in [6.45, 7) is 6.68. The van der Waals surface area contributed by atoms with Crippen molar-refractivity contribution in [3.63, 3.8) is 0 Å². The number of nitrogens with zero attached hydrogens (tertiary/aromatic N) is 1. The lowest BCUT2D eigenvalue weighted by atomic mass is 9.95. The van der Waals surface area contributed by atoms with E-state index >= 15 is 0 Å². The van der Waals surface area contributed by atoms with E-state index in [-0.39, 0.29) is 0 Å². The van der Waals surface area contributed by atoms with Gasteiger partial charge in [-0.25, -0.2) is 4.98 Å². The minimum absolute atomic E-state index is 0.444. The first-order valence-corrected chi connectivity index (χ1v) is 7.24. The number of halogens is 2. The summed E-state index contributed by atoms with van der Waals surface area (Å²) in [5.41, 5.74) is 0. The maximum atomic E-state index is 4.36. The van der Waals surface area contributed by atoms with Gasteiger partial charge in [0.25, 0.3) is 0 Å². The predicted molar refractivity (Wildman–Crippen MR) is 76.8 cm³/mol. The minimum Gasteiger partial charge on any atom is -0.366 e. The summed E-state index contributed by atoms with van der Waals surface area (Å²) < 4.78 is 1.99. The lowest BCUT2D eigenvalue weighted by molar-refractivity contribution is 0.437. The lowest BCUT2D eigenvalue weighted by Crippen LogP contribution is -2.25. The number of aromatic nitrogens is 1. The van der Waals surface area contributed by atoms with Gasteiger partial charge in [-0.3, -0.25) is 0 Å². The fourth-order valence-corrected chi connectivity index (χ4v) is 2.95. The van der Waals surface area contributed by atoms with E-state index in [4.69, 9.17) is 0 Å². The quantitative estimate of drug-likeness (QED) is 0.822. The van der Waals surface area contributed by atoms with E-state index in [0.29, 0.717) is 12.0 Å². The Hall–Kier alpha value is -0.0900. The zero-order chi connectivity index (χ0) is 12.1. The van der Waals surface area contributed by atoms with Gasteiger partial charge in [0.2, 0.25) is 0 Å². The standard InChI is InChI=1S/C12H18Br2N2/c1-4-9(5-2)8(3)16-12-11(14)6-10(13)7-15-12/h6-9H,4-5H2,1-3H3,(H,15,16). The second-order valence-electron chi connectivity index (χ2n) is 3.99. The summed E-state index contributed by atoms with van der Waals surface area (Å²) in [7, 11) is 0. The van der Waals surface area contributed by atoms with Gasteiger partial charge in [0.15, 0.2) is 0 Å². The van der Waals surface area contributed by atoms with Crippen LogP contribution in [0, 0.1) is 5.92 Å². The monoisotopic (exact) mass is 348 g/mol. The molecule has 4 heteroatoms. The Morgan fingerprint density at radius 2 is 1.94 bits per heavy atom. The highest BCUT2D eigenvalue weighted by molar-refractivity contribution is 9.11. The molecule has 1 atom stereocenters. The summed E-state index contributed by atoms with van der Waals surface area (Å²) in [6, 6.07) is 2.45. The number of anilines is 1. The average Bonchev–Trinajstić information content (AvgIpc) is 2.24. The number of hydrogen-bond acceptors (Lipinski definition) is 2. The summed E-state index contributed by atoms with van der Waals surface area (Å²) in [5.74, 6) is 1.61. The highest BCUT2D eigenvalue weighted by Gasteiger charge is 2.14. The molecule has 1 aromatic rings. The largest absolute Gasteiger partial charge is 0.366 e. The highest BCUT2D eigenvalue weighted by atomic mass is 79.9. The van der Waals surface area contributed by atoms with Gasteiger partial charge in [0.1, 0.15) is 5.82 Å². The molecule has 0 fully saturated rings. The van der Waals surface area contributed by atoms with Crippen molar-refractivity contribution in [2.75, 3.05) is 5.32 Å². The second kappa shape index (κ2) is 6.60. The van der Waals surface area contributed by atoms with Crippen molar-refractivity contribution in [3.8, 4) is 0 Å². The summed E-state index contributed by atoms with van der Waals surface area (Å²) >= 11 is 6.91.